The van der Waals surface area contributed by atoms with Crippen molar-refractivity contribution in [1.29, 1.82) is 0 Å². The van der Waals surface area contributed by atoms with Crippen LogP contribution < -0.4 is 20.7 Å². The van der Waals surface area contributed by atoms with Gasteiger partial charge in [0.1, 0.15) is 11.4 Å². The lowest BCUT2D eigenvalue weighted by Crippen LogP contribution is -2.40. The first-order valence-electron chi connectivity index (χ1n) is 8.39. The third-order valence-electron chi connectivity index (χ3n) is 3.90. The lowest BCUT2D eigenvalue weighted by atomic mass is 10.0. The predicted molar refractivity (Wildman–Crippen MR) is 94.1 cm³/mol. The average Bonchev–Trinajstić information content (AvgIpc) is 2.46. The second kappa shape index (κ2) is 7.68. The number of anilines is 1. The minimum Gasteiger partial charge on any atom is -0.484 e. The fraction of sp³-hybridized carbons (Fsp3) is 0.611. The Morgan fingerprint density at radius 2 is 2.17 bits per heavy atom. The summed E-state index contributed by atoms with van der Waals surface area (Å²) in [5, 5.41) is 9.76. The average molecular weight is 319 g/mol. The summed E-state index contributed by atoms with van der Waals surface area (Å²) in [6.07, 6.45) is 1.91. The van der Waals surface area contributed by atoms with Gasteiger partial charge in [0.2, 0.25) is 5.91 Å². The number of amides is 1. The van der Waals surface area contributed by atoms with Gasteiger partial charge in [-0.05, 0) is 57.9 Å². The fourth-order valence-electron chi connectivity index (χ4n) is 2.70. The van der Waals surface area contributed by atoms with E-state index < -0.39 is 0 Å². The van der Waals surface area contributed by atoms with E-state index in [0.29, 0.717) is 6.04 Å². The minimum absolute atomic E-state index is 0.0324. The Morgan fingerprint density at radius 1 is 1.39 bits per heavy atom. The zero-order chi connectivity index (χ0) is 16.9. The summed E-state index contributed by atoms with van der Waals surface area (Å²) in [5.41, 5.74) is 2.22. The third kappa shape index (κ3) is 5.75. The van der Waals surface area contributed by atoms with Crippen LogP contribution in [0.5, 0.6) is 5.75 Å². The Labute approximate surface area is 139 Å². The molecule has 5 nitrogen and oxygen atoms in total. The van der Waals surface area contributed by atoms with Crippen molar-refractivity contribution in [2.45, 2.75) is 52.2 Å². The summed E-state index contributed by atoms with van der Waals surface area (Å²) in [7, 11) is 0. The van der Waals surface area contributed by atoms with E-state index in [1.54, 1.807) is 6.92 Å². The van der Waals surface area contributed by atoms with Gasteiger partial charge in [0.15, 0.2) is 0 Å². The van der Waals surface area contributed by atoms with Gasteiger partial charge >= 0.3 is 0 Å². The van der Waals surface area contributed by atoms with Crippen LogP contribution in [0.25, 0.3) is 0 Å². The van der Waals surface area contributed by atoms with E-state index >= 15 is 0 Å². The minimum atomic E-state index is -0.155. The molecular formula is C18H29N3O2. The maximum atomic E-state index is 10.8. The highest BCUT2D eigenvalue weighted by molar-refractivity contribution is 5.72. The number of benzene rings is 1. The first kappa shape index (κ1) is 17.6. The van der Waals surface area contributed by atoms with Crippen molar-refractivity contribution < 1.29 is 9.53 Å². The molecule has 0 radical (unpaired) electrons. The summed E-state index contributed by atoms with van der Waals surface area (Å²) in [5.74, 6) is 0.964. The van der Waals surface area contributed by atoms with Crippen LogP contribution >= 0.6 is 0 Å². The quantitative estimate of drug-likeness (QED) is 0.675. The Kier molecular flexibility index (Phi) is 5.88. The summed E-state index contributed by atoms with van der Waals surface area (Å²) in [6.45, 7) is 10.4. The lowest BCUT2D eigenvalue weighted by molar-refractivity contribution is -0.118. The molecule has 1 aliphatic rings. The normalized spacial score (nSPS) is 16.7. The van der Waals surface area contributed by atoms with Crippen molar-refractivity contribution in [2.75, 3.05) is 25.0 Å². The van der Waals surface area contributed by atoms with Gasteiger partial charge in [0.25, 0.3) is 0 Å². The van der Waals surface area contributed by atoms with Crippen molar-refractivity contribution in [3.63, 3.8) is 0 Å². The standard InChI is InChI=1S/C18H29N3O2/c1-13(19-8-5-9-20-14(2)22)10-15-6-7-17-16(11-15)21-12-18(3,4)23-17/h6-7,11,13,19,21H,5,8-10,12H2,1-4H3,(H,20,22). The van der Waals surface area contributed by atoms with E-state index in [4.69, 9.17) is 4.74 Å². The molecule has 5 heteroatoms. The predicted octanol–water partition coefficient (Wildman–Crippen LogP) is 2.32. The van der Waals surface area contributed by atoms with Gasteiger partial charge < -0.3 is 20.7 Å². The smallest absolute Gasteiger partial charge is 0.216 e. The summed E-state index contributed by atoms with van der Waals surface area (Å²) < 4.78 is 5.98. The van der Waals surface area contributed by atoms with Crippen LogP contribution in [0.1, 0.15) is 39.7 Å². The van der Waals surface area contributed by atoms with Crippen LogP contribution in [0.3, 0.4) is 0 Å². The number of carbonyl (C=O) groups excluding carboxylic acids is 1. The Morgan fingerprint density at radius 3 is 2.91 bits per heavy atom. The molecule has 0 fully saturated rings. The van der Waals surface area contributed by atoms with Crippen LogP contribution in [0.4, 0.5) is 5.69 Å². The number of hydrogen-bond acceptors (Lipinski definition) is 4. The van der Waals surface area contributed by atoms with E-state index in [1.165, 1.54) is 5.56 Å². The van der Waals surface area contributed by atoms with Crippen molar-refractivity contribution in [3.05, 3.63) is 23.8 Å². The second-order valence-corrected chi connectivity index (χ2v) is 6.94. The van der Waals surface area contributed by atoms with Crippen LogP contribution in [0.2, 0.25) is 0 Å². The SMILES string of the molecule is CC(=O)NCCCNC(C)Cc1ccc2c(c1)NCC(C)(C)O2. The van der Waals surface area contributed by atoms with Crippen molar-refractivity contribution in [3.8, 4) is 5.75 Å². The highest BCUT2D eigenvalue weighted by atomic mass is 16.5. The molecule has 1 aromatic carbocycles. The van der Waals surface area contributed by atoms with E-state index in [-0.39, 0.29) is 11.5 Å². The second-order valence-electron chi connectivity index (χ2n) is 6.94. The molecule has 0 aliphatic carbocycles. The molecule has 128 valence electrons. The number of hydrogen-bond donors (Lipinski definition) is 3. The molecule has 1 heterocycles. The molecule has 1 unspecified atom stereocenters. The molecule has 23 heavy (non-hydrogen) atoms. The number of fused-ring (bicyclic) bond motifs is 1. The van der Waals surface area contributed by atoms with Crippen LogP contribution in [-0.4, -0.2) is 37.2 Å². The molecule has 1 atom stereocenters. The number of rotatable bonds is 7. The molecule has 0 saturated heterocycles. The highest BCUT2D eigenvalue weighted by Gasteiger charge is 2.26. The summed E-state index contributed by atoms with van der Waals surface area (Å²) in [4.78, 5) is 10.8. The largest absolute Gasteiger partial charge is 0.484 e. The molecule has 3 N–H and O–H groups in total. The third-order valence-corrected chi connectivity index (χ3v) is 3.90. The molecule has 0 aromatic heterocycles. The topological polar surface area (TPSA) is 62.4 Å². The van der Waals surface area contributed by atoms with Crippen molar-refractivity contribution in [1.82, 2.24) is 10.6 Å². The van der Waals surface area contributed by atoms with Crippen LogP contribution in [0.15, 0.2) is 18.2 Å². The first-order valence-corrected chi connectivity index (χ1v) is 8.39. The van der Waals surface area contributed by atoms with E-state index in [9.17, 15) is 4.79 Å². The Balaban J connectivity index is 1.78. The molecule has 1 amide bonds. The summed E-state index contributed by atoms with van der Waals surface area (Å²) >= 11 is 0. The fourth-order valence-corrected chi connectivity index (χ4v) is 2.70. The van der Waals surface area contributed by atoms with Crippen molar-refractivity contribution in [2.24, 2.45) is 0 Å². The van der Waals surface area contributed by atoms with Gasteiger partial charge in [0, 0.05) is 19.5 Å². The van der Waals surface area contributed by atoms with Crippen LogP contribution in [0, 0.1) is 0 Å². The maximum Gasteiger partial charge on any atom is 0.216 e. The van der Waals surface area contributed by atoms with Gasteiger partial charge in [-0.15, -0.1) is 0 Å². The Bertz CT molecular complexity index is 543. The van der Waals surface area contributed by atoms with Crippen molar-refractivity contribution >= 4 is 11.6 Å². The number of nitrogens with one attached hydrogen (secondary N) is 3. The Hall–Kier alpha value is -1.75. The van der Waals surface area contributed by atoms with Crippen LogP contribution in [-0.2, 0) is 11.2 Å². The molecule has 1 aromatic rings. The number of ether oxygens (including phenoxy) is 1. The molecule has 0 spiro atoms. The van der Waals surface area contributed by atoms with Gasteiger partial charge in [-0.3, -0.25) is 4.79 Å². The zero-order valence-electron chi connectivity index (χ0n) is 14.7. The maximum absolute atomic E-state index is 10.8. The molecule has 0 bridgehead atoms. The van der Waals surface area contributed by atoms with E-state index in [1.807, 2.05) is 0 Å². The number of carbonyl (C=O) groups is 1. The van der Waals surface area contributed by atoms with Gasteiger partial charge in [0.05, 0.1) is 12.2 Å². The van der Waals surface area contributed by atoms with E-state index in [2.05, 4.69) is 54.9 Å². The first-order chi connectivity index (χ1) is 10.9. The molecule has 0 saturated carbocycles. The summed E-state index contributed by atoms with van der Waals surface area (Å²) in [6, 6.07) is 6.77. The molecule has 2 rings (SSSR count). The molecular weight excluding hydrogens is 290 g/mol. The van der Waals surface area contributed by atoms with Gasteiger partial charge in [-0.2, -0.15) is 0 Å². The van der Waals surface area contributed by atoms with Gasteiger partial charge in [-0.1, -0.05) is 6.07 Å². The van der Waals surface area contributed by atoms with Gasteiger partial charge in [-0.25, -0.2) is 0 Å². The monoisotopic (exact) mass is 319 g/mol. The highest BCUT2D eigenvalue weighted by Crippen LogP contribution is 2.33. The lowest BCUT2D eigenvalue weighted by Gasteiger charge is -2.33. The molecule has 1 aliphatic heterocycles. The zero-order valence-corrected chi connectivity index (χ0v) is 14.7. The van der Waals surface area contributed by atoms with E-state index in [0.717, 1.165) is 43.9 Å².